The molecule has 0 atom stereocenters. The Bertz CT molecular complexity index is 692. The van der Waals surface area contributed by atoms with Gasteiger partial charge in [-0.2, -0.15) is 0 Å². The number of carbonyl (C=O) groups excluding carboxylic acids is 2. The van der Waals surface area contributed by atoms with Crippen molar-refractivity contribution >= 4 is 40.0 Å². The van der Waals surface area contributed by atoms with Crippen LogP contribution in [0.1, 0.15) is 64.2 Å². The summed E-state index contributed by atoms with van der Waals surface area (Å²) < 4.78 is 0.571. The van der Waals surface area contributed by atoms with Crippen LogP contribution in [0.25, 0.3) is 0 Å². The summed E-state index contributed by atoms with van der Waals surface area (Å²) in [6, 6.07) is 0.405. The number of hydrogen-bond donors (Lipinski definition) is 1. The summed E-state index contributed by atoms with van der Waals surface area (Å²) in [7, 11) is 0. The molecular weight excluding hydrogens is 396 g/mol. The number of halogens is 1. The van der Waals surface area contributed by atoms with Gasteiger partial charge in [-0.1, -0.05) is 48.6 Å². The van der Waals surface area contributed by atoms with Gasteiger partial charge in [0.05, 0.1) is 6.20 Å². The summed E-state index contributed by atoms with van der Waals surface area (Å²) in [6.07, 6.45) is 12.2. The van der Waals surface area contributed by atoms with E-state index in [4.69, 9.17) is 11.6 Å². The fourth-order valence-corrected chi connectivity index (χ4v) is 5.88. The molecule has 0 spiro atoms. The van der Waals surface area contributed by atoms with Crippen molar-refractivity contribution in [3.8, 4) is 0 Å². The Morgan fingerprint density at radius 3 is 2.25 bits per heavy atom. The molecule has 154 valence electrons. The monoisotopic (exact) mass is 424 g/mol. The van der Waals surface area contributed by atoms with E-state index in [1.807, 2.05) is 4.90 Å². The molecular formula is C20H29ClN4O2S. The first-order valence-corrected chi connectivity index (χ1v) is 11.8. The highest BCUT2D eigenvalue weighted by molar-refractivity contribution is 7.19. The Balaban J connectivity index is 1.39. The van der Waals surface area contributed by atoms with Crippen LogP contribution < -0.4 is 5.32 Å². The maximum absolute atomic E-state index is 13.1. The molecule has 0 bridgehead atoms. The van der Waals surface area contributed by atoms with Crippen molar-refractivity contribution in [1.29, 1.82) is 0 Å². The minimum atomic E-state index is -0.0708. The molecule has 1 aromatic heterocycles. The third kappa shape index (κ3) is 4.46. The molecule has 3 fully saturated rings. The third-order valence-electron chi connectivity index (χ3n) is 6.52. The van der Waals surface area contributed by atoms with E-state index in [-0.39, 0.29) is 24.0 Å². The number of rotatable bonds is 4. The van der Waals surface area contributed by atoms with Crippen molar-refractivity contribution in [2.24, 2.45) is 5.92 Å². The molecule has 2 heterocycles. The number of anilines is 1. The molecule has 28 heavy (non-hydrogen) atoms. The van der Waals surface area contributed by atoms with E-state index in [9.17, 15) is 9.59 Å². The van der Waals surface area contributed by atoms with Crippen molar-refractivity contribution < 1.29 is 9.59 Å². The Hall–Kier alpha value is -1.34. The fourth-order valence-electron chi connectivity index (χ4n) is 5.08. The highest BCUT2D eigenvalue weighted by Crippen LogP contribution is 2.32. The van der Waals surface area contributed by atoms with E-state index in [1.54, 1.807) is 6.20 Å². The third-order valence-corrected chi connectivity index (χ3v) is 7.55. The van der Waals surface area contributed by atoms with Gasteiger partial charge in [0.2, 0.25) is 5.91 Å². The molecule has 8 heteroatoms. The normalized spacial score (nSPS) is 22.0. The Labute approximate surface area is 175 Å². The lowest BCUT2D eigenvalue weighted by Gasteiger charge is -2.41. The molecule has 3 aliphatic rings. The lowest BCUT2D eigenvalue weighted by molar-refractivity contribution is -0.136. The van der Waals surface area contributed by atoms with Gasteiger partial charge in [0.15, 0.2) is 5.13 Å². The summed E-state index contributed by atoms with van der Waals surface area (Å²) in [5.41, 5.74) is 0. The van der Waals surface area contributed by atoms with Gasteiger partial charge in [-0.05, 0) is 38.5 Å². The minimum Gasteiger partial charge on any atom is -0.342 e. The van der Waals surface area contributed by atoms with Gasteiger partial charge < -0.3 is 9.80 Å². The van der Waals surface area contributed by atoms with Gasteiger partial charge in [-0.3, -0.25) is 10.1 Å². The van der Waals surface area contributed by atoms with Crippen molar-refractivity contribution in [1.82, 2.24) is 14.8 Å². The number of amides is 3. The number of nitrogens with one attached hydrogen (secondary N) is 1. The average Bonchev–Trinajstić information content (AvgIpc) is 3.45. The van der Waals surface area contributed by atoms with Crippen LogP contribution >= 0.6 is 22.9 Å². The van der Waals surface area contributed by atoms with E-state index in [1.165, 1.54) is 37.0 Å². The zero-order valence-corrected chi connectivity index (χ0v) is 17.8. The highest BCUT2D eigenvalue weighted by atomic mass is 35.5. The summed E-state index contributed by atoms with van der Waals surface area (Å²) in [5, 5.41) is 3.49. The lowest BCUT2D eigenvalue weighted by Crippen LogP contribution is -2.53. The summed E-state index contributed by atoms with van der Waals surface area (Å²) in [4.78, 5) is 34.1. The first kappa shape index (κ1) is 20.0. The number of aromatic nitrogens is 1. The zero-order chi connectivity index (χ0) is 19.5. The highest BCUT2D eigenvalue weighted by Gasteiger charge is 2.37. The van der Waals surface area contributed by atoms with Gasteiger partial charge in [-0.15, -0.1) is 0 Å². The molecule has 2 aliphatic carbocycles. The van der Waals surface area contributed by atoms with E-state index < -0.39 is 0 Å². The number of carbonyl (C=O) groups is 2. The second kappa shape index (κ2) is 8.99. The maximum Gasteiger partial charge on any atom is 0.324 e. The molecule has 4 rings (SSSR count). The number of thiazole rings is 1. The van der Waals surface area contributed by atoms with Crippen LogP contribution in [0.3, 0.4) is 0 Å². The molecule has 0 radical (unpaired) electrons. The van der Waals surface area contributed by atoms with Crippen LogP contribution in [0.2, 0.25) is 4.34 Å². The van der Waals surface area contributed by atoms with E-state index in [2.05, 4.69) is 15.2 Å². The van der Waals surface area contributed by atoms with Crippen LogP contribution in [-0.2, 0) is 4.79 Å². The second-order valence-corrected chi connectivity index (χ2v) is 9.95. The van der Waals surface area contributed by atoms with Gasteiger partial charge in [0.1, 0.15) is 4.34 Å². The largest absolute Gasteiger partial charge is 0.342 e. The smallest absolute Gasteiger partial charge is 0.324 e. The number of likely N-dealkylation sites (tertiary alicyclic amines) is 1. The van der Waals surface area contributed by atoms with Gasteiger partial charge in [-0.25, -0.2) is 9.78 Å². The average molecular weight is 425 g/mol. The molecule has 1 saturated heterocycles. The zero-order valence-electron chi connectivity index (χ0n) is 16.2. The first-order valence-electron chi connectivity index (χ1n) is 10.6. The SMILES string of the molecule is O=C(C1CCCC1)N1CCC(N(C(=O)Nc2ncc(Cl)s2)C2CCCC2)CC1. The first-order chi connectivity index (χ1) is 13.6. The number of nitrogens with zero attached hydrogens (tertiary/aromatic N) is 3. The number of piperidine rings is 1. The Morgan fingerprint density at radius 1 is 1.04 bits per heavy atom. The summed E-state index contributed by atoms with van der Waals surface area (Å²) in [6.45, 7) is 1.53. The molecule has 2 saturated carbocycles. The van der Waals surface area contributed by atoms with Gasteiger partial charge in [0.25, 0.3) is 0 Å². The quantitative estimate of drug-likeness (QED) is 0.758. The Kier molecular flexibility index (Phi) is 6.41. The topological polar surface area (TPSA) is 65.5 Å². The van der Waals surface area contributed by atoms with Crippen molar-refractivity contribution in [2.75, 3.05) is 18.4 Å². The number of hydrogen-bond acceptors (Lipinski definition) is 4. The molecule has 1 aliphatic heterocycles. The van der Waals surface area contributed by atoms with Crippen LogP contribution in [0, 0.1) is 5.92 Å². The van der Waals surface area contributed by atoms with Crippen LogP contribution in [0.5, 0.6) is 0 Å². The van der Waals surface area contributed by atoms with Crippen molar-refractivity contribution in [3.05, 3.63) is 10.5 Å². The van der Waals surface area contributed by atoms with Crippen LogP contribution in [0.15, 0.2) is 6.20 Å². The lowest BCUT2D eigenvalue weighted by atomic mass is 9.98. The maximum atomic E-state index is 13.1. The van der Waals surface area contributed by atoms with Crippen LogP contribution in [-0.4, -0.2) is 51.9 Å². The fraction of sp³-hybridized carbons (Fsp3) is 0.750. The summed E-state index contributed by atoms with van der Waals surface area (Å²) >= 11 is 7.24. The molecule has 0 unspecified atom stereocenters. The van der Waals surface area contributed by atoms with Crippen molar-refractivity contribution in [3.63, 3.8) is 0 Å². The molecule has 3 amide bonds. The van der Waals surface area contributed by atoms with E-state index in [0.717, 1.165) is 51.6 Å². The van der Waals surface area contributed by atoms with E-state index in [0.29, 0.717) is 15.4 Å². The van der Waals surface area contributed by atoms with Crippen molar-refractivity contribution in [2.45, 2.75) is 76.3 Å². The Morgan fingerprint density at radius 2 is 1.64 bits per heavy atom. The predicted octanol–water partition coefficient (Wildman–Crippen LogP) is 4.75. The van der Waals surface area contributed by atoms with Gasteiger partial charge in [0, 0.05) is 31.1 Å². The van der Waals surface area contributed by atoms with Gasteiger partial charge >= 0.3 is 6.03 Å². The minimum absolute atomic E-state index is 0.0708. The molecule has 6 nitrogen and oxygen atoms in total. The molecule has 1 aromatic rings. The second-order valence-electron chi connectivity index (χ2n) is 8.28. The molecule has 0 aromatic carbocycles. The molecule has 1 N–H and O–H groups in total. The standard InChI is InChI=1S/C20H29ClN4O2S/c21-17-13-22-19(28-17)23-20(27)25(15-7-3-4-8-15)16-9-11-24(12-10-16)18(26)14-5-1-2-6-14/h13-16H,1-12H2,(H,22,23,27). The van der Waals surface area contributed by atoms with Crippen LogP contribution in [0.4, 0.5) is 9.93 Å². The number of urea groups is 1. The predicted molar refractivity (Wildman–Crippen MR) is 112 cm³/mol. The van der Waals surface area contributed by atoms with E-state index >= 15 is 0 Å². The summed E-state index contributed by atoms with van der Waals surface area (Å²) in [5.74, 6) is 0.575.